The van der Waals surface area contributed by atoms with Crippen LogP contribution in [0.5, 0.6) is 0 Å². The van der Waals surface area contributed by atoms with Crippen molar-refractivity contribution in [3.05, 3.63) is 59.7 Å². The number of aryl methyl sites for hydroxylation is 1. The van der Waals surface area contributed by atoms with Crippen LogP contribution in [0.2, 0.25) is 0 Å². The summed E-state index contributed by atoms with van der Waals surface area (Å²) in [6.45, 7) is 7.82. The summed E-state index contributed by atoms with van der Waals surface area (Å²) >= 11 is 0. The predicted octanol–water partition coefficient (Wildman–Crippen LogP) is 2.78. The molecule has 1 atom stereocenters. The van der Waals surface area contributed by atoms with E-state index in [0.29, 0.717) is 12.6 Å². The molecule has 2 aromatic rings. The summed E-state index contributed by atoms with van der Waals surface area (Å²) in [5.41, 5.74) is 3.39. The lowest BCUT2D eigenvalue weighted by atomic mass is 9.93. The van der Waals surface area contributed by atoms with E-state index in [0.717, 1.165) is 56.8 Å². The number of hydrogen-bond acceptors (Lipinski definition) is 5. The minimum absolute atomic E-state index is 0.107. The SMILES string of the molecule is Cc1cc(CNC(=O)C2CCCN(C3CCN(Cc4cccnc4)CC3)C2)ccn1. The highest BCUT2D eigenvalue weighted by Gasteiger charge is 2.31. The summed E-state index contributed by atoms with van der Waals surface area (Å²) in [6, 6.07) is 8.78. The molecule has 6 heteroatoms. The Morgan fingerprint density at radius 1 is 1.13 bits per heavy atom. The predicted molar refractivity (Wildman–Crippen MR) is 118 cm³/mol. The summed E-state index contributed by atoms with van der Waals surface area (Å²) in [7, 11) is 0. The molecular formula is C24H33N5O. The van der Waals surface area contributed by atoms with E-state index in [9.17, 15) is 4.79 Å². The molecule has 2 aliphatic heterocycles. The molecule has 1 amide bonds. The van der Waals surface area contributed by atoms with E-state index in [2.05, 4.69) is 31.2 Å². The lowest BCUT2D eigenvalue weighted by Gasteiger charge is -2.42. The van der Waals surface area contributed by atoms with Crippen LogP contribution in [0.1, 0.15) is 42.5 Å². The van der Waals surface area contributed by atoms with Gasteiger partial charge in [-0.05, 0) is 81.6 Å². The molecule has 2 saturated heterocycles. The Labute approximate surface area is 179 Å². The van der Waals surface area contributed by atoms with Crippen molar-refractivity contribution in [1.82, 2.24) is 25.1 Å². The average molecular weight is 408 g/mol. The van der Waals surface area contributed by atoms with E-state index < -0.39 is 0 Å². The first-order valence-corrected chi connectivity index (χ1v) is 11.2. The largest absolute Gasteiger partial charge is 0.352 e. The molecule has 0 bridgehead atoms. The molecule has 0 radical (unpaired) electrons. The Morgan fingerprint density at radius 2 is 2.00 bits per heavy atom. The number of pyridine rings is 2. The Hall–Kier alpha value is -2.31. The zero-order valence-electron chi connectivity index (χ0n) is 18.0. The van der Waals surface area contributed by atoms with Crippen LogP contribution in [0.25, 0.3) is 0 Å². The Morgan fingerprint density at radius 3 is 2.77 bits per heavy atom. The molecule has 0 spiro atoms. The third-order valence-corrected chi connectivity index (χ3v) is 6.45. The maximum Gasteiger partial charge on any atom is 0.224 e. The molecule has 0 aromatic carbocycles. The summed E-state index contributed by atoms with van der Waals surface area (Å²) in [6.07, 6.45) is 10.1. The van der Waals surface area contributed by atoms with Gasteiger partial charge in [-0.15, -0.1) is 0 Å². The van der Waals surface area contributed by atoms with Crippen molar-refractivity contribution in [1.29, 1.82) is 0 Å². The first-order chi connectivity index (χ1) is 14.7. The van der Waals surface area contributed by atoms with Crippen molar-refractivity contribution in [3.8, 4) is 0 Å². The van der Waals surface area contributed by atoms with Gasteiger partial charge in [-0.2, -0.15) is 0 Å². The van der Waals surface area contributed by atoms with Gasteiger partial charge in [0.1, 0.15) is 0 Å². The molecule has 0 saturated carbocycles. The summed E-state index contributed by atoms with van der Waals surface area (Å²) in [5.74, 6) is 0.304. The zero-order chi connectivity index (χ0) is 20.8. The monoisotopic (exact) mass is 407 g/mol. The number of piperidine rings is 2. The van der Waals surface area contributed by atoms with Gasteiger partial charge >= 0.3 is 0 Å². The van der Waals surface area contributed by atoms with Gasteiger partial charge in [0.05, 0.1) is 5.92 Å². The molecule has 2 aliphatic rings. The molecule has 30 heavy (non-hydrogen) atoms. The lowest BCUT2D eigenvalue weighted by Crippen LogP contribution is -2.50. The molecule has 4 rings (SSSR count). The molecule has 1 N–H and O–H groups in total. The summed E-state index contributed by atoms with van der Waals surface area (Å²) < 4.78 is 0. The number of aromatic nitrogens is 2. The molecule has 1 unspecified atom stereocenters. The minimum Gasteiger partial charge on any atom is -0.352 e. The Bertz CT molecular complexity index is 819. The van der Waals surface area contributed by atoms with Crippen molar-refractivity contribution in [2.24, 2.45) is 5.92 Å². The van der Waals surface area contributed by atoms with Gasteiger partial charge in [0.15, 0.2) is 0 Å². The topological polar surface area (TPSA) is 61.4 Å². The fourth-order valence-electron chi connectivity index (χ4n) is 4.79. The van der Waals surface area contributed by atoms with Crippen LogP contribution in [-0.2, 0) is 17.9 Å². The van der Waals surface area contributed by atoms with E-state index >= 15 is 0 Å². The number of hydrogen-bond donors (Lipinski definition) is 1. The van der Waals surface area contributed by atoms with Crippen LogP contribution in [0.3, 0.4) is 0 Å². The van der Waals surface area contributed by atoms with Gasteiger partial charge in [0.25, 0.3) is 0 Å². The fourth-order valence-corrected chi connectivity index (χ4v) is 4.79. The van der Waals surface area contributed by atoms with E-state index in [1.54, 1.807) is 6.20 Å². The molecule has 2 fully saturated rings. The lowest BCUT2D eigenvalue weighted by molar-refractivity contribution is -0.127. The number of likely N-dealkylation sites (tertiary alicyclic amines) is 2. The van der Waals surface area contributed by atoms with Crippen molar-refractivity contribution in [3.63, 3.8) is 0 Å². The third-order valence-electron chi connectivity index (χ3n) is 6.45. The van der Waals surface area contributed by atoms with Crippen molar-refractivity contribution in [2.45, 2.75) is 51.7 Å². The first-order valence-electron chi connectivity index (χ1n) is 11.2. The highest BCUT2D eigenvalue weighted by Crippen LogP contribution is 2.24. The van der Waals surface area contributed by atoms with Crippen LogP contribution in [-0.4, -0.2) is 57.9 Å². The molecule has 160 valence electrons. The van der Waals surface area contributed by atoms with Gasteiger partial charge in [0.2, 0.25) is 5.91 Å². The average Bonchev–Trinajstić information content (AvgIpc) is 2.79. The van der Waals surface area contributed by atoms with Gasteiger partial charge in [-0.25, -0.2) is 0 Å². The third kappa shape index (κ3) is 5.64. The maximum absolute atomic E-state index is 12.8. The summed E-state index contributed by atoms with van der Waals surface area (Å²) in [5, 5.41) is 3.15. The second kappa shape index (κ2) is 10.1. The minimum atomic E-state index is 0.107. The van der Waals surface area contributed by atoms with Gasteiger partial charge < -0.3 is 5.32 Å². The first kappa shape index (κ1) is 20.9. The molecule has 4 heterocycles. The van der Waals surface area contributed by atoms with E-state index in [1.807, 2.05) is 37.5 Å². The van der Waals surface area contributed by atoms with Gasteiger partial charge in [0, 0.05) is 50.0 Å². The van der Waals surface area contributed by atoms with Crippen molar-refractivity contribution < 1.29 is 4.79 Å². The van der Waals surface area contributed by atoms with Crippen molar-refractivity contribution in [2.75, 3.05) is 26.2 Å². The highest BCUT2D eigenvalue weighted by molar-refractivity contribution is 5.79. The smallest absolute Gasteiger partial charge is 0.224 e. The number of nitrogens with one attached hydrogen (secondary N) is 1. The quantitative estimate of drug-likeness (QED) is 0.798. The van der Waals surface area contributed by atoms with Crippen LogP contribution in [0, 0.1) is 12.8 Å². The maximum atomic E-state index is 12.8. The zero-order valence-corrected chi connectivity index (χ0v) is 18.0. The molecule has 6 nitrogen and oxygen atoms in total. The van der Waals surface area contributed by atoms with Crippen LogP contribution in [0.15, 0.2) is 42.9 Å². The molecular weight excluding hydrogens is 374 g/mol. The number of amides is 1. The van der Waals surface area contributed by atoms with Crippen LogP contribution >= 0.6 is 0 Å². The Kier molecular flexibility index (Phi) is 7.07. The van der Waals surface area contributed by atoms with Gasteiger partial charge in [-0.3, -0.25) is 24.6 Å². The standard InChI is InChI=1S/C24H33N5O/c1-19-14-20(6-10-26-19)16-27-24(30)22-5-3-11-29(18-22)23-7-12-28(13-8-23)17-21-4-2-9-25-15-21/h2,4,6,9-10,14-15,22-23H,3,5,7-8,11-13,16-18H2,1H3,(H,27,30). The fraction of sp³-hybridized carbons (Fsp3) is 0.542. The number of rotatable bonds is 6. The normalized spacial score (nSPS) is 21.4. The second-order valence-corrected chi connectivity index (χ2v) is 8.73. The molecule has 0 aliphatic carbocycles. The molecule has 2 aromatic heterocycles. The highest BCUT2D eigenvalue weighted by atomic mass is 16.1. The van der Waals surface area contributed by atoms with E-state index in [1.165, 1.54) is 18.4 Å². The van der Waals surface area contributed by atoms with Crippen LogP contribution < -0.4 is 5.32 Å². The van der Waals surface area contributed by atoms with Crippen LogP contribution in [0.4, 0.5) is 0 Å². The van der Waals surface area contributed by atoms with E-state index in [4.69, 9.17) is 0 Å². The number of carbonyl (C=O) groups excluding carboxylic acids is 1. The van der Waals surface area contributed by atoms with Gasteiger partial charge in [-0.1, -0.05) is 6.07 Å². The second-order valence-electron chi connectivity index (χ2n) is 8.73. The number of carbonyl (C=O) groups is 1. The Balaban J connectivity index is 1.23. The summed E-state index contributed by atoms with van der Waals surface area (Å²) in [4.78, 5) is 26.3. The van der Waals surface area contributed by atoms with Crippen molar-refractivity contribution >= 4 is 5.91 Å². The number of nitrogens with zero attached hydrogens (tertiary/aromatic N) is 4. The van der Waals surface area contributed by atoms with E-state index in [-0.39, 0.29) is 11.8 Å².